The highest BCUT2D eigenvalue weighted by molar-refractivity contribution is 5.92. The smallest absolute Gasteiger partial charge is 0.417 e. The molecule has 1 fully saturated rings. The molecule has 4 rings (SSSR count). The number of carboxylic acids is 1. The van der Waals surface area contributed by atoms with E-state index in [0.29, 0.717) is 11.5 Å². The monoisotopic (exact) mass is 413 g/mol. The Labute approximate surface area is 170 Å². The van der Waals surface area contributed by atoms with E-state index in [1.54, 1.807) is 12.1 Å². The molecule has 30 heavy (non-hydrogen) atoms. The van der Waals surface area contributed by atoms with Crippen molar-refractivity contribution in [3.05, 3.63) is 71.4 Å². The predicted molar refractivity (Wildman–Crippen MR) is 105 cm³/mol. The highest BCUT2D eigenvalue weighted by atomic mass is 19.4. The van der Waals surface area contributed by atoms with E-state index in [2.05, 4.69) is 4.98 Å². The molecule has 0 saturated heterocycles. The van der Waals surface area contributed by atoms with E-state index in [4.69, 9.17) is 5.11 Å². The zero-order valence-corrected chi connectivity index (χ0v) is 15.8. The van der Waals surface area contributed by atoms with Gasteiger partial charge in [0.15, 0.2) is 0 Å². The maximum Gasteiger partial charge on any atom is 0.417 e. The Bertz CT molecular complexity index is 1120. The number of aromatic hydroxyl groups is 1. The van der Waals surface area contributed by atoms with E-state index in [9.17, 15) is 23.1 Å². The summed E-state index contributed by atoms with van der Waals surface area (Å²) in [7, 11) is 0. The van der Waals surface area contributed by atoms with E-state index < -0.39 is 29.0 Å². The number of carboxylic acid groups (broad SMARTS) is 1. The van der Waals surface area contributed by atoms with Crippen LogP contribution in [0.2, 0.25) is 0 Å². The second-order valence-electron chi connectivity index (χ2n) is 7.40. The third-order valence-electron chi connectivity index (χ3n) is 5.51. The average molecular weight is 413 g/mol. The van der Waals surface area contributed by atoms with E-state index in [0.717, 1.165) is 43.2 Å². The Morgan fingerprint density at radius 2 is 1.80 bits per heavy atom. The maximum atomic E-state index is 13.9. The van der Waals surface area contributed by atoms with Crippen LogP contribution in [-0.2, 0) is 6.18 Å². The Morgan fingerprint density at radius 3 is 2.43 bits per heavy atom. The number of hydrogen-bond donors (Lipinski definition) is 2. The van der Waals surface area contributed by atoms with Gasteiger partial charge in [0.25, 0.3) is 0 Å². The Kier molecular flexibility index (Phi) is 4.97. The zero-order valence-electron chi connectivity index (χ0n) is 15.8. The van der Waals surface area contributed by atoms with Crippen LogP contribution in [0.4, 0.5) is 13.2 Å². The van der Waals surface area contributed by atoms with Gasteiger partial charge in [-0.3, -0.25) is 4.98 Å². The lowest BCUT2D eigenvalue weighted by molar-refractivity contribution is -0.137. The fraction of sp³-hybridized carbons (Fsp3) is 0.217. The number of nitrogens with zero attached hydrogens (tertiary/aromatic N) is 1. The van der Waals surface area contributed by atoms with Crippen LogP contribution in [0.1, 0.15) is 46.7 Å². The number of halogens is 3. The molecule has 0 amide bonds. The maximum absolute atomic E-state index is 13.9. The largest absolute Gasteiger partial charge is 0.505 e. The molecule has 2 N–H and O–H groups in total. The van der Waals surface area contributed by atoms with Gasteiger partial charge in [0.1, 0.15) is 11.3 Å². The third-order valence-corrected chi connectivity index (χ3v) is 5.51. The molecule has 0 radical (unpaired) electrons. The molecule has 0 atom stereocenters. The van der Waals surface area contributed by atoms with Gasteiger partial charge in [-0.25, -0.2) is 4.79 Å². The van der Waals surface area contributed by atoms with Crippen LogP contribution in [0.5, 0.6) is 5.75 Å². The molecule has 1 aliphatic carbocycles. The van der Waals surface area contributed by atoms with Gasteiger partial charge in [-0.15, -0.1) is 0 Å². The number of alkyl halides is 3. The van der Waals surface area contributed by atoms with Gasteiger partial charge in [-0.05, 0) is 47.6 Å². The molecular weight excluding hydrogens is 395 g/mol. The number of aromatic nitrogens is 1. The van der Waals surface area contributed by atoms with Crippen molar-refractivity contribution in [2.24, 2.45) is 0 Å². The molecule has 0 unspecified atom stereocenters. The summed E-state index contributed by atoms with van der Waals surface area (Å²) in [4.78, 5) is 15.1. The quantitative estimate of drug-likeness (QED) is 0.542. The summed E-state index contributed by atoms with van der Waals surface area (Å²) in [6, 6.07) is 12.1. The van der Waals surface area contributed by atoms with E-state index in [1.165, 1.54) is 12.1 Å². The minimum atomic E-state index is -4.61. The molecule has 0 spiro atoms. The first-order valence-electron chi connectivity index (χ1n) is 9.48. The first-order chi connectivity index (χ1) is 14.2. The molecule has 0 aliphatic heterocycles. The van der Waals surface area contributed by atoms with Crippen molar-refractivity contribution in [1.29, 1.82) is 0 Å². The Balaban J connectivity index is 1.81. The second-order valence-corrected chi connectivity index (χ2v) is 7.40. The zero-order chi connectivity index (χ0) is 21.5. The van der Waals surface area contributed by atoms with Crippen molar-refractivity contribution in [2.45, 2.75) is 31.4 Å². The first kappa shape index (κ1) is 19.9. The first-order valence-corrected chi connectivity index (χ1v) is 9.48. The van der Waals surface area contributed by atoms with Crippen LogP contribution in [0.3, 0.4) is 0 Å². The molecule has 0 bridgehead atoms. The summed E-state index contributed by atoms with van der Waals surface area (Å²) in [5, 5.41) is 18.7. The van der Waals surface area contributed by atoms with Gasteiger partial charge >= 0.3 is 12.1 Å². The van der Waals surface area contributed by atoms with Crippen LogP contribution >= 0.6 is 0 Å². The van der Waals surface area contributed by atoms with Gasteiger partial charge in [0.05, 0.1) is 17.5 Å². The average Bonchev–Trinajstić information content (AvgIpc) is 2.66. The summed E-state index contributed by atoms with van der Waals surface area (Å²) in [6.45, 7) is 0. The molecule has 4 nitrogen and oxygen atoms in total. The van der Waals surface area contributed by atoms with E-state index >= 15 is 0 Å². The highest BCUT2D eigenvalue weighted by Crippen LogP contribution is 2.42. The molecular formula is C23H18F3NO3. The highest BCUT2D eigenvalue weighted by Gasteiger charge is 2.34. The fourth-order valence-corrected chi connectivity index (χ4v) is 3.67. The molecule has 1 aliphatic rings. The van der Waals surface area contributed by atoms with Gasteiger partial charge < -0.3 is 10.2 Å². The normalized spacial score (nSPS) is 14.4. The molecule has 1 aromatic heterocycles. The summed E-state index contributed by atoms with van der Waals surface area (Å²) >= 11 is 0. The number of aromatic carboxylic acids is 1. The predicted octanol–water partition coefficient (Wildman–Crippen LogP) is 6.11. The Hall–Kier alpha value is -3.35. The lowest BCUT2D eigenvalue weighted by Crippen LogP contribution is -2.10. The number of pyridine rings is 1. The molecule has 1 heterocycles. The van der Waals surface area contributed by atoms with Crippen molar-refractivity contribution in [3.8, 4) is 28.1 Å². The van der Waals surface area contributed by atoms with Crippen molar-refractivity contribution in [2.75, 3.05) is 0 Å². The van der Waals surface area contributed by atoms with Crippen molar-refractivity contribution < 1.29 is 28.2 Å². The van der Waals surface area contributed by atoms with E-state index in [1.807, 2.05) is 12.1 Å². The molecule has 3 aromatic rings. The summed E-state index contributed by atoms with van der Waals surface area (Å²) in [6.07, 6.45) is -0.457. The lowest BCUT2D eigenvalue weighted by Gasteiger charge is -2.26. The van der Waals surface area contributed by atoms with Gasteiger partial charge in [-0.2, -0.15) is 13.2 Å². The van der Waals surface area contributed by atoms with Gasteiger partial charge in [-0.1, -0.05) is 42.8 Å². The molecule has 1 saturated carbocycles. The standard InChI is InChI=1S/C23H18F3NO3/c24-23(25,26)19-10-16(20-11-18(22(29)30)21(28)12-27-20)7-8-17(19)15-6-2-5-14(9-15)13-3-1-4-13/h2,5-13,28H,1,3-4H2,(H,29,30). The van der Waals surface area contributed by atoms with Gasteiger partial charge in [0.2, 0.25) is 0 Å². The van der Waals surface area contributed by atoms with Crippen molar-refractivity contribution >= 4 is 5.97 Å². The van der Waals surface area contributed by atoms with Crippen LogP contribution in [-0.4, -0.2) is 21.2 Å². The summed E-state index contributed by atoms with van der Waals surface area (Å²) in [5.41, 5.74) is 0.493. The van der Waals surface area contributed by atoms with Crippen molar-refractivity contribution in [3.63, 3.8) is 0 Å². The Morgan fingerprint density at radius 1 is 1.03 bits per heavy atom. The van der Waals surface area contributed by atoms with E-state index in [-0.39, 0.29) is 16.8 Å². The third kappa shape index (κ3) is 3.75. The topological polar surface area (TPSA) is 70.4 Å². The number of benzene rings is 2. The second kappa shape index (κ2) is 7.48. The minimum Gasteiger partial charge on any atom is -0.505 e. The number of rotatable bonds is 4. The van der Waals surface area contributed by atoms with Crippen molar-refractivity contribution in [1.82, 2.24) is 4.98 Å². The minimum absolute atomic E-state index is 0.0328. The molecule has 7 heteroatoms. The van der Waals surface area contributed by atoms with Crippen LogP contribution in [0, 0.1) is 0 Å². The van der Waals surface area contributed by atoms with Crippen LogP contribution in [0.15, 0.2) is 54.7 Å². The summed E-state index contributed by atoms with van der Waals surface area (Å²) in [5.74, 6) is -1.54. The van der Waals surface area contributed by atoms with Crippen LogP contribution in [0.25, 0.3) is 22.4 Å². The molecule has 2 aromatic carbocycles. The number of hydrogen-bond acceptors (Lipinski definition) is 3. The molecule has 154 valence electrons. The lowest BCUT2D eigenvalue weighted by atomic mass is 9.79. The van der Waals surface area contributed by atoms with Gasteiger partial charge in [0, 0.05) is 5.56 Å². The fourth-order valence-electron chi connectivity index (χ4n) is 3.67. The van der Waals surface area contributed by atoms with Crippen LogP contribution < -0.4 is 0 Å². The summed E-state index contributed by atoms with van der Waals surface area (Å²) < 4.78 is 41.6. The number of carbonyl (C=O) groups is 1. The SMILES string of the molecule is O=C(O)c1cc(-c2ccc(-c3cccc(C4CCC4)c3)c(C(F)(F)F)c2)ncc1O.